The fourth-order valence-corrected chi connectivity index (χ4v) is 4.86. The standard InChI is InChI=1S/C31H46O7/c1-8-11-21(5)29-31(38-29)30-22(6)16-18(2)13-10-15-24(32)27(35)23(7)28(36)26(34)20(4)14-9-12-19(3)17-25(33)37-30/h9-10,12,15,17,21-22,24,26-32,34-36H,2,4,7-8,11,13-14,16H2,1,3,5-6H3/b12-9+,15-10+,19-17+/t21-,22-,24-,26-,27-,28-,29-,30+,31+/m0/s1. The SMILES string of the molecule is C=C1C/C=C/[C@H](O)[C@@H](O)C(=C)[C@H](O)[C@@H](O)C(=C)C/C=C/C(C)=C/C(=O)O[C@@H]([C@@H]2O[C@H]2[C@@H](C)CCC)[C@@H](C)C1. The summed E-state index contributed by atoms with van der Waals surface area (Å²) in [4.78, 5) is 12.8. The van der Waals surface area contributed by atoms with E-state index in [1.165, 1.54) is 12.2 Å². The monoisotopic (exact) mass is 530 g/mol. The second kappa shape index (κ2) is 14.8. The van der Waals surface area contributed by atoms with Gasteiger partial charge in [-0.25, -0.2) is 4.79 Å². The molecule has 0 aliphatic carbocycles. The lowest BCUT2D eigenvalue weighted by molar-refractivity contribution is -0.146. The number of allylic oxidation sites excluding steroid dienone is 5. The van der Waals surface area contributed by atoms with Crippen LogP contribution in [-0.2, 0) is 14.3 Å². The number of hydrogen-bond donors (Lipinski definition) is 4. The second-order valence-corrected chi connectivity index (χ2v) is 10.8. The average Bonchev–Trinajstić information content (AvgIpc) is 3.65. The number of hydrogen-bond acceptors (Lipinski definition) is 7. The zero-order chi connectivity index (χ0) is 28.6. The lowest BCUT2D eigenvalue weighted by Gasteiger charge is -2.26. The maximum Gasteiger partial charge on any atom is 0.331 e. The van der Waals surface area contributed by atoms with Gasteiger partial charge in [0.05, 0.1) is 6.10 Å². The van der Waals surface area contributed by atoms with E-state index in [0.717, 1.165) is 18.4 Å². The van der Waals surface area contributed by atoms with Gasteiger partial charge in [-0.3, -0.25) is 0 Å². The average molecular weight is 531 g/mol. The van der Waals surface area contributed by atoms with Crippen LogP contribution in [0.2, 0.25) is 0 Å². The summed E-state index contributed by atoms with van der Waals surface area (Å²) >= 11 is 0. The Morgan fingerprint density at radius 2 is 1.71 bits per heavy atom. The Kier molecular flexibility index (Phi) is 12.4. The van der Waals surface area contributed by atoms with E-state index in [0.29, 0.717) is 29.9 Å². The van der Waals surface area contributed by atoms with Crippen LogP contribution < -0.4 is 0 Å². The molecule has 0 bridgehead atoms. The van der Waals surface area contributed by atoms with Crippen molar-refractivity contribution < 1.29 is 34.7 Å². The first-order valence-electron chi connectivity index (χ1n) is 13.5. The first-order valence-corrected chi connectivity index (χ1v) is 13.5. The van der Waals surface area contributed by atoms with Crippen LogP contribution in [0.5, 0.6) is 0 Å². The summed E-state index contributed by atoms with van der Waals surface area (Å²) in [6, 6.07) is 0. The van der Waals surface area contributed by atoms with Crippen LogP contribution in [0.3, 0.4) is 0 Å². The fourth-order valence-electron chi connectivity index (χ4n) is 4.86. The minimum atomic E-state index is -1.51. The number of ether oxygens (including phenoxy) is 2. The highest BCUT2D eigenvalue weighted by molar-refractivity contribution is 5.83. The quantitative estimate of drug-likeness (QED) is 0.245. The van der Waals surface area contributed by atoms with Gasteiger partial charge in [0.2, 0.25) is 0 Å². The van der Waals surface area contributed by atoms with Crippen LogP contribution in [-0.4, -0.2) is 69.1 Å². The summed E-state index contributed by atoms with van der Waals surface area (Å²) in [5, 5.41) is 41.8. The molecule has 1 saturated heterocycles. The summed E-state index contributed by atoms with van der Waals surface area (Å²) < 4.78 is 11.9. The van der Waals surface area contributed by atoms with Crippen molar-refractivity contribution in [2.45, 2.75) is 103 Å². The molecule has 7 heteroatoms. The van der Waals surface area contributed by atoms with Crippen molar-refractivity contribution in [3.8, 4) is 0 Å². The van der Waals surface area contributed by atoms with Crippen LogP contribution in [0.25, 0.3) is 0 Å². The van der Waals surface area contributed by atoms with Crippen molar-refractivity contribution >= 4 is 5.97 Å². The molecule has 4 N–H and O–H groups in total. The van der Waals surface area contributed by atoms with Crippen molar-refractivity contribution in [3.63, 3.8) is 0 Å². The van der Waals surface area contributed by atoms with E-state index in [9.17, 15) is 25.2 Å². The number of aliphatic hydroxyl groups excluding tert-OH is 4. The second-order valence-electron chi connectivity index (χ2n) is 10.8. The maximum absolute atomic E-state index is 12.8. The predicted molar refractivity (Wildman–Crippen MR) is 149 cm³/mol. The third-order valence-electron chi connectivity index (χ3n) is 7.26. The molecule has 38 heavy (non-hydrogen) atoms. The molecule has 0 aromatic rings. The number of aliphatic hydroxyl groups is 4. The van der Waals surface area contributed by atoms with Crippen molar-refractivity contribution in [1.82, 2.24) is 0 Å². The summed E-state index contributed by atoms with van der Waals surface area (Å²) in [7, 11) is 0. The summed E-state index contributed by atoms with van der Waals surface area (Å²) in [6.45, 7) is 19.7. The molecule has 0 spiro atoms. The van der Waals surface area contributed by atoms with Gasteiger partial charge in [0.15, 0.2) is 0 Å². The molecule has 2 aliphatic rings. The molecule has 2 aliphatic heterocycles. The topological polar surface area (TPSA) is 120 Å². The third-order valence-corrected chi connectivity index (χ3v) is 7.26. The highest BCUT2D eigenvalue weighted by atomic mass is 16.6. The van der Waals surface area contributed by atoms with E-state index in [1.54, 1.807) is 25.2 Å². The Hall–Kier alpha value is -2.29. The molecule has 9 atom stereocenters. The largest absolute Gasteiger partial charge is 0.456 e. The Bertz CT molecular complexity index is 946. The summed E-state index contributed by atoms with van der Waals surface area (Å²) in [5.74, 6) is -0.134. The number of carbonyl (C=O) groups excluding carboxylic acids is 1. The number of rotatable bonds is 4. The van der Waals surface area contributed by atoms with Crippen molar-refractivity contribution in [2.24, 2.45) is 11.8 Å². The van der Waals surface area contributed by atoms with Gasteiger partial charge in [-0.1, -0.05) is 76.8 Å². The molecule has 0 aromatic heterocycles. The zero-order valence-corrected chi connectivity index (χ0v) is 23.3. The molecule has 0 radical (unpaired) electrons. The molecular weight excluding hydrogens is 484 g/mol. The van der Waals surface area contributed by atoms with Gasteiger partial charge in [0, 0.05) is 6.08 Å². The molecule has 2 rings (SSSR count). The Morgan fingerprint density at radius 3 is 2.37 bits per heavy atom. The minimum Gasteiger partial charge on any atom is -0.456 e. The van der Waals surface area contributed by atoms with Crippen molar-refractivity contribution in [2.75, 3.05) is 0 Å². The van der Waals surface area contributed by atoms with E-state index in [2.05, 4.69) is 33.6 Å². The normalized spacial score (nSPS) is 38.5. The summed E-state index contributed by atoms with van der Waals surface area (Å²) in [6.07, 6.45) is 5.05. The van der Waals surface area contributed by atoms with E-state index < -0.39 is 36.5 Å². The van der Waals surface area contributed by atoms with Crippen LogP contribution in [0.15, 0.2) is 72.4 Å². The lowest BCUT2D eigenvalue weighted by Crippen LogP contribution is -2.37. The van der Waals surface area contributed by atoms with E-state index in [4.69, 9.17) is 9.47 Å². The molecule has 0 aromatic carbocycles. The van der Waals surface area contributed by atoms with Gasteiger partial charge in [-0.2, -0.15) is 0 Å². The molecule has 7 nitrogen and oxygen atoms in total. The first kappa shape index (κ1) is 31.9. The van der Waals surface area contributed by atoms with Gasteiger partial charge in [0.25, 0.3) is 0 Å². The lowest BCUT2D eigenvalue weighted by atomic mass is 9.89. The van der Waals surface area contributed by atoms with Crippen LogP contribution in [0, 0.1) is 11.8 Å². The fraction of sp³-hybridized carbons (Fsp3) is 0.581. The Labute approximate surface area is 227 Å². The predicted octanol–water partition coefficient (Wildman–Crippen LogP) is 4.09. The molecular formula is C31H46O7. The van der Waals surface area contributed by atoms with Gasteiger partial charge >= 0.3 is 5.97 Å². The van der Waals surface area contributed by atoms with Crippen molar-refractivity contribution in [1.29, 1.82) is 0 Å². The van der Waals surface area contributed by atoms with E-state index >= 15 is 0 Å². The van der Waals surface area contributed by atoms with Gasteiger partial charge < -0.3 is 29.9 Å². The molecule has 0 unspecified atom stereocenters. The Balaban J connectivity index is 2.28. The number of cyclic esters (lactones) is 1. The van der Waals surface area contributed by atoms with E-state index in [-0.39, 0.29) is 30.1 Å². The van der Waals surface area contributed by atoms with Crippen molar-refractivity contribution in [3.05, 3.63) is 72.4 Å². The molecule has 0 saturated carbocycles. The van der Waals surface area contributed by atoms with Crippen LogP contribution in [0.1, 0.15) is 59.8 Å². The minimum absolute atomic E-state index is 0.0474. The number of carbonyl (C=O) groups is 1. The Morgan fingerprint density at radius 1 is 1.03 bits per heavy atom. The third kappa shape index (κ3) is 9.17. The smallest absolute Gasteiger partial charge is 0.331 e. The molecule has 2 heterocycles. The first-order chi connectivity index (χ1) is 17.9. The van der Waals surface area contributed by atoms with Gasteiger partial charge in [-0.15, -0.1) is 0 Å². The van der Waals surface area contributed by atoms with Crippen LogP contribution in [0.4, 0.5) is 0 Å². The summed E-state index contributed by atoms with van der Waals surface area (Å²) in [5.41, 5.74) is 1.70. The molecule has 212 valence electrons. The number of epoxide rings is 1. The maximum atomic E-state index is 12.8. The van der Waals surface area contributed by atoms with Gasteiger partial charge in [0.1, 0.15) is 36.6 Å². The van der Waals surface area contributed by atoms with E-state index in [1.807, 2.05) is 6.92 Å². The molecule has 1 fully saturated rings. The van der Waals surface area contributed by atoms with Crippen LogP contribution >= 0.6 is 0 Å². The zero-order valence-electron chi connectivity index (χ0n) is 23.3. The molecule has 0 amide bonds. The highest BCUT2D eigenvalue weighted by Crippen LogP contribution is 2.39. The highest BCUT2D eigenvalue weighted by Gasteiger charge is 2.51. The van der Waals surface area contributed by atoms with Gasteiger partial charge in [-0.05, 0) is 61.2 Å². The number of esters is 1.